The normalized spacial score (nSPS) is 20.0. The first-order valence-corrected chi connectivity index (χ1v) is 11.2. The molecule has 0 aromatic heterocycles. The molecule has 0 unspecified atom stereocenters. The summed E-state index contributed by atoms with van der Waals surface area (Å²) < 4.78 is 17.0. The van der Waals surface area contributed by atoms with Crippen molar-refractivity contribution >= 4 is 23.3 Å². The lowest BCUT2D eigenvalue weighted by molar-refractivity contribution is 0.0417. The second-order valence-electron chi connectivity index (χ2n) is 8.51. The van der Waals surface area contributed by atoms with Gasteiger partial charge < -0.3 is 40.2 Å². The van der Waals surface area contributed by atoms with Crippen molar-refractivity contribution < 1.29 is 28.9 Å². The van der Waals surface area contributed by atoms with Gasteiger partial charge in [0, 0.05) is 30.8 Å². The fraction of sp³-hybridized carbons (Fsp3) is 0.417. The molecule has 182 valence electrons. The lowest BCUT2D eigenvalue weighted by Crippen LogP contribution is -2.49. The molecule has 2 aromatic rings. The first-order valence-electron chi connectivity index (χ1n) is 11.2. The zero-order valence-electron chi connectivity index (χ0n) is 19.5. The Morgan fingerprint density at radius 2 is 2.00 bits per heavy atom. The molecule has 0 saturated heterocycles. The van der Waals surface area contributed by atoms with Gasteiger partial charge in [0.2, 0.25) is 6.79 Å². The van der Waals surface area contributed by atoms with Gasteiger partial charge >= 0.3 is 6.03 Å². The number of ether oxygens (including phenoxy) is 3. The fourth-order valence-corrected chi connectivity index (χ4v) is 4.05. The summed E-state index contributed by atoms with van der Waals surface area (Å²) in [7, 11) is 1.83. The number of urea groups is 1. The van der Waals surface area contributed by atoms with Crippen LogP contribution in [-0.2, 0) is 0 Å². The summed E-state index contributed by atoms with van der Waals surface area (Å²) in [6.07, 6.45) is -0.259. The minimum absolute atomic E-state index is 0.0194. The Kier molecular flexibility index (Phi) is 7.09. The molecule has 0 spiro atoms. The quantitative estimate of drug-likeness (QED) is 0.512. The summed E-state index contributed by atoms with van der Waals surface area (Å²) in [6.45, 7) is 4.79. The highest BCUT2D eigenvalue weighted by molar-refractivity contribution is 6.04. The third-order valence-corrected chi connectivity index (χ3v) is 5.98. The SMILES string of the molecule is CNC[C@H]1Oc2c(NC(=O)Nc3ccc4c(c3)OCO4)cccc2C(=O)N([C@H](C)CO)C[C@@H]1C. The van der Waals surface area contributed by atoms with Gasteiger partial charge in [-0.15, -0.1) is 0 Å². The van der Waals surface area contributed by atoms with Crippen LogP contribution in [0.15, 0.2) is 36.4 Å². The number of aliphatic hydroxyl groups is 1. The highest BCUT2D eigenvalue weighted by Crippen LogP contribution is 2.36. The maximum atomic E-state index is 13.4. The van der Waals surface area contributed by atoms with Crippen molar-refractivity contribution in [3.05, 3.63) is 42.0 Å². The van der Waals surface area contributed by atoms with Gasteiger partial charge in [-0.3, -0.25) is 4.79 Å². The number of likely N-dealkylation sites (N-methyl/N-ethyl adjacent to an activating group) is 1. The number of amides is 3. The van der Waals surface area contributed by atoms with Crippen LogP contribution in [0.3, 0.4) is 0 Å². The van der Waals surface area contributed by atoms with E-state index >= 15 is 0 Å². The van der Waals surface area contributed by atoms with Gasteiger partial charge in [0.15, 0.2) is 17.2 Å². The van der Waals surface area contributed by atoms with Crippen LogP contribution < -0.4 is 30.2 Å². The third-order valence-electron chi connectivity index (χ3n) is 5.98. The van der Waals surface area contributed by atoms with E-state index in [9.17, 15) is 14.7 Å². The van der Waals surface area contributed by atoms with E-state index in [1.54, 1.807) is 48.2 Å². The smallest absolute Gasteiger partial charge is 0.323 e. The van der Waals surface area contributed by atoms with Crippen LogP contribution in [0, 0.1) is 5.92 Å². The Hall–Kier alpha value is -3.50. The van der Waals surface area contributed by atoms with Gasteiger partial charge in [0.25, 0.3) is 5.91 Å². The summed E-state index contributed by atoms with van der Waals surface area (Å²) in [4.78, 5) is 27.9. The molecular formula is C24H30N4O6. The van der Waals surface area contributed by atoms with Crippen molar-refractivity contribution in [1.29, 1.82) is 0 Å². The van der Waals surface area contributed by atoms with E-state index in [4.69, 9.17) is 14.2 Å². The zero-order valence-corrected chi connectivity index (χ0v) is 19.5. The lowest BCUT2D eigenvalue weighted by Gasteiger charge is -2.37. The standard InChI is InChI=1S/C24H30N4O6/c1-14-11-28(15(2)12-29)23(30)17-5-4-6-18(22(17)34-21(14)10-25-3)27-24(31)26-16-7-8-19-20(9-16)33-13-32-19/h4-9,14-15,21,25,29H,10-13H2,1-3H3,(H2,26,27,31)/t14-,15+,21+/m0/s1. The Balaban J connectivity index is 1.62. The number of benzene rings is 2. The number of hydrogen-bond donors (Lipinski definition) is 4. The van der Waals surface area contributed by atoms with E-state index in [0.717, 1.165) is 0 Å². The topological polar surface area (TPSA) is 121 Å². The van der Waals surface area contributed by atoms with Crippen LogP contribution in [0.4, 0.5) is 16.2 Å². The molecule has 3 amide bonds. The van der Waals surface area contributed by atoms with E-state index in [2.05, 4.69) is 16.0 Å². The molecule has 34 heavy (non-hydrogen) atoms. The van der Waals surface area contributed by atoms with Gasteiger partial charge in [-0.2, -0.15) is 0 Å². The highest BCUT2D eigenvalue weighted by Gasteiger charge is 2.33. The van der Waals surface area contributed by atoms with Crippen molar-refractivity contribution in [2.45, 2.75) is 26.0 Å². The van der Waals surface area contributed by atoms with Crippen molar-refractivity contribution in [3.8, 4) is 17.2 Å². The molecule has 3 atom stereocenters. The van der Waals surface area contributed by atoms with Gasteiger partial charge in [-0.25, -0.2) is 4.79 Å². The van der Waals surface area contributed by atoms with Gasteiger partial charge in [-0.05, 0) is 38.2 Å². The first kappa shape index (κ1) is 23.7. The Bertz CT molecular complexity index is 1060. The van der Waals surface area contributed by atoms with Crippen molar-refractivity contribution in [2.24, 2.45) is 5.92 Å². The number of aliphatic hydroxyl groups excluding tert-OH is 1. The molecule has 0 fully saturated rings. The van der Waals surface area contributed by atoms with Gasteiger partial charge in [0.05, 0.1) is 23.9 Å². The van der Waals surface area contributed by atoms with Crippen molar-refractivity contribution in [2.75, 3.05) is 44.2 Å². The summed E-state index contributed by atoms with van der Waals surface area (Å²) in [6, 6.07) is 9.30. The van der Waals surface area contributed by atoms with Gasteiger partial charge in [-0.1, -0.05) is 13.0 Å². The molecule has 2 aliphatic rings. The fourth-order valence-electron chi connectivity index (χ4n) is 4.05. The van der Waals surface area contributed by atoms with Crippen LogP contribution in [0.25, 0.3) is 0 Å². The van der Waals surface area contributed by atoms with Crippen LogP contribution >= 0.6 is 0 Å². The largest absolute Gasteiger partial charge is 0.486 e. The Morgan fingerprint density at radius 1 is 1.21 bits per heavy atom. The number of carbonyl (C=O) groups excluding carboxylic acids is 2. The predicted molar refractivity (Wildman–Crippen MR) is 127 cm³/mol. The minimum Gasteiger partial charge on any atom is -0.486 e. The summed E-state index contributed by atoms with van der Waals surface area (Å²) in [5, 5.41) is 18.4. The van der Waals surface area contributed by atoms with E-state index in [1.807, 2.05) is 14.0 Å². The highest BCUT2D eigenvalue weighted by atomic mass is 16.7. The van der Waals surface area contributed by atoms with Crippen molar-refractivity contribution in [3.63, 3.8) is 0 Å². The molecular weight excluding hydrogens is 440 g/mol. The number of rotatable bonds is 6. The summed E-state index contributed by atoms with van der Waals surface area (Å²) in [5.74, 6) is 1.20. The molecule has 0 aliphatic carbocycles. The van der Waals surface area contributed by atoms with E-state index in [-0.39, 0.29) is 37.4 Å². The molecule has 0 saturated carbocycles. The number of hydrogen-bond acceptors (Lipinski definition) is 7. The van der Waals surface area contributed by atoms with E-state index < -0.39 is 6.03 Å². The molecule has 10 nitrogen and oxygen atoms in total. The monoisotopic (exact) mass is 470 g/mol. The van der Waals surface area contributed by atoms with Crippen LogP contribution in [0.1, 0.15) is 24.2 Å². The summed E-state index contributed by atoms with van der Waals surface area (Å²) in [5.41, 5.74) is 1.23. The molecule has 2 aliphatic heterocycles. The third kappa shape index (κ3) is 4.87. The number of carbonyl (C=O) groups is 2. The molecule has 4 N–H and O–H groups in total. The number of fused-ring (bicyclic) bond motifs is 2. The van der Waals surface area contributed by atoms with Crippen LogP contribution in [-0.4, -0.2) is 67.6 Å². The average molecular weight is 471 g/mol. The molecule has 4 rings (SSSR count). The van der Waals surface area contributed by atoms with E-state index in [0.29, 0.717) is 47.3 Å². The zero-order chi connectivity index (χ0) is 24.2. The molecule has 2 aromatic carbocycles. The number of nitrogens with one attached hydrogen (secondary N) is 3. The van der Waals surface area contributed by atoms with Crippen molar-refractivity contribution in [1.82, 2.24) is 10.2 Å². The number of para-hydroxylation sites is 1. The first-order chi connectivity index (χ1) is 16.4. The lowest BCUT2D eigenvalue weighted by atomic mass is 9.99. The predicted octanol–water partition coefficient (Wildman–Crippen LogP) is 2.50. The van der Waals surface area contributed by atoms with Crippen LogP contribution in [0.5, 0.6) is 17.2 Å². The molecule has 2 heterocycles. The molecule has 10 heteroatoms. The second-order valence-corrected chi connectivity index (χ2v) is 8.51. The van der Waals surface area contributed by atoms with Crippen LogP contribution in [0.2, 0.25) is 0 Å². The Labute approximate surface area is 198 Å². The number of nitrogens with zero attached hydrogens (tertiary/aromatic N) is 1. The molecule has 0 bridgehead atoms. The number of anilines is 2. The average Bonchev–Trinajstić information content (AvgIpc) is 3.29. The Morgan fingerprint density at radius 3 is 2.76 bits per heavy atom. The molecule has 0 radical (unpaired) electrons. The second kappa shape index (κ2) is 10.2. The maximum Gasteiger partial charge on any atom is 0.323 e. The maximum absolute atomic E-state index is 13.4. The summed E-state index contributed by atoms with van der Waals surface area (Å²) >= 11 is 0. The minimum atomic E-state index is -0.496. The van der Waals surface area contributed by atoms with E-state index in [1.165, 1.54) is 0 Å². The van der Waals surface area contributed by atoms with Gasteiger partial charge in [0.1, 0.15) is 6.10 Å².